The fourth-order valence-electron chi connectivity index (χ4n) is 2.09. The number of nitrogens with zero attached hydrogens (tertiary/aromatic N) is 2. The third-order valence-corrected chi connectivity index (χ3v) is 3.41. The Morgan fingerprint density at radius 2 is 1.87 bits per heavy atom. The molecule has 0 unspecified atom stereocenters. The van der Waals surface area contributed by atoms with Crippen molar-refractivity contribution in [2.45, 2.75) is 6.54 Å². The molecule has 0 radical (unpaired) electrons. The zero-order valence-electron chi connectivity index (χ0n) is 12.9. The van der Waals surface area contributed by atoms with Crippen molar-refractivity contribution in [3.63, 3.8) is 0 Å². The lowest BCUT2D eigenvalue weighted by molar-refractivity contribution is -0.384. The van der Waals surface area contributed by atoms with Gasteiger partial charge in [0.15, 0.2) is 0 Å². The van der Waals surface area contributed by atoms with Crippen molar-refractivity contribution in [1.29, 1.82) is 0 Å². The molecule has 7 nitrogen and oxygen atoms in total. The summed E-state index contributed by atoms with van der Waals surface area (Å²) in [7, 11) is 3.91. The van der Waals surface area contributed by atoms with Crippen LogP contribution in [0.25, 0.3) is 0 Å². The lowest BCUT2D eigenvalue weighted by Gasteiger charge is -2.13. The second-order valence-corrected chi connectivity index (χ2v) is 5.27. The summed E-state index contributed by atoms with van der Waals surface area (Å²) < 4.78 is 0. The van der Waals surface area contributed by atoms with Crippen LogP contribution in [0.2, 0.25) is 0 Å². The van der Waals surface area contributed by atoms with Crippen molar-refractivity contribution in [2.24, 2.45) is 5.73 Å². The molecule has 1 amide bonds. The van der Waals surface area contributed by atoms with Gasteiger partial charge in [0.2, 0.25) is 5.91 Å². The van der Waals surface area contributed by atoms with E-state index in [4.69, 9.17) is 5.73 Å². The molecule has 0 saturated carbocycles. The second-order valence-electron chi connectivity index (χ2n) is 5.27. The lowest BCUT2D eigenvalue weighted by Crippen LogP contribution is -2.12. The Morgan fingerprint density at radius 3 is 2.39 bits per heavy atom. The van der Waals surface area contributed by atoms with Gasteiger partial charge in [-0.25, -0.2) is 0 Å². The first-order valence-corrected chi connectivity index (χ1v) is 6.97. The van der Waals surface area contributed by atoms with Crippen LogP contribution in [0.5, 0.6) is 0 Å². The molecule has 0 spiro atoms. The molecule has 0 heterocycles. The van der Waals surface area contributed by atoms with Crippen LogP contribution < -0.4 is 16.0 Å². The summed E-state index contributed by atoms with van der Waals surface area (Å²) >= 11 is 0. The van der Waals surface area contributed by atoms with Crippen LogP contribution in [-0.2, 0) is 6.54 Å². The minimum absolute atomic E-state index is 0.109. The molecule has 0 saturated heterocycles. The molecular weight excluding hydrogens is 296 g/mol. The summed E-state index contributed by atoms with van der Waals surface area (Å²) in [6, 6.07) is 12.0. The molecule has 0 aliphatic rings. The van der Waals surface area contributed by atoms with E-state index in [2.05, 4.69) is 5.32 Å². The van der Waals surface area contributed by atoms with E-state index < -0.39 is 10.8 Å². The normalized spacial score (nSPS) is 10.2. The van der Waals surface area contributed by atoms with E-state index in [0.717, 1.165) is 11.3 Å². The van der Waals surface area contributed by atoms with Crippen molar-refractivity contribution in [3.8, 4) is 0 Å². The molecule has 0 fully saturated rings. The zero-order chi connectivity index (χ0) is 17.0. The van der Waals surface area contributed by atoms with Crippen LogP contribution in [0.15, 0.2) is 42.5 Å². The number of nitro benzene ring substituents is 1. The van der Waals surface area contributed by atoms with Gasteiger partial charge in [-0.3, -0.25) is 14.9 Å². The molecule has 3 N–H and O–H groups in total. The molecule has 2 aromatic carbocycles. The van der Waals surface area contributed by atoms with Gasteiger partial charge < -0.3 is 16.0 Å². The highest BCUT2D eigenvalue weighted by atomic mass is 16.6. The third kappa shape index (κ3) is 3.97. The first kappa shape index (κ1) is 16.3. The van der Waals surface area contributed by atoms with Gasteiger partial charge in [-0.15, -0.1) is 0 Å². The number of anilines is 2. The summed E-state index contributed by atoms with van der Waals surface area (Å²) in [5, 5.41) is 14.2. The van der Waals surface area contributed by atoms with Crippen molar-refractivity contribution < 1.29 is 9.72 Å². The summed E-state index contributed by atoms with van der Waals surface area (Å²) in [6.07, 6.45) is 0. The van der Waals surface area contributed by atoms with E-state index in [0.29, 0.717) is 12.2 Å². The lowest BCUT2D eigenvalue weighted by atomic mass is 10.1. The summed E-state index contributed by atoms with van der Waals surface area (Å²) in [4.78, 5) is 23.7. The first-order valence-electron chi connectivity index (χ1n) is 6.97. The number of hydrogen-bond acceptors (Lipinski definition) is 5. The second kappa shape index (κ2) is 6.78. The Bertz CT molecular complexity index is 727. The molecule has 0 bridgehead atoms. The third-order valence-electron chi connectivity index (χ3n) is 3.41. The molecule has 0 aliphatic carbocycles. The summed E-state index contributed by atoms with van der Waals surface area (Å²) in [6.45, 7) is 0.435. The zero-order valence-corrected chi connectivity index (χ0v) is 12.9. The number of primary amides is 1. The molecule has 7 heteroatoms. The van der Waals surface area contributed by atoms with Gasteiger partial charge >= 0.3 is 0 Å². The Labute approximate surface area is 133 Å². The molecule has 0 atom stereocenters. The predicted molar refractivity (Wildman–Crippen MR) is 89.7 cm³/mol. The average molecular weight is 314 g/mol. The van der Waals surface area contributed by atoms with Crippen LogP contribution in [-0.4, -0.2) is 24.9 Å². The summed E-state index contributed by atoms with van der Waals surface area (Å²) in [5.41, 5.74) is 7.49. The van der Waals surface area contributed by atoms with E-state index in [1.54, 1.807) is 0 Å². The summed E-state index contributed by atoms with van der Waals surface area (Å²) in [5.74, 6) is -0.695. The van der Waals surface area contributed by atoms with Crippen LogP contribution in [0.1, 0.15) is 15.9 Å². The predicted octanol–water partition coefficient (Wildman–Crippen LogP) is 2.37. The molecule has 0 aliphatic heterocycles. The monoisotopic (exact) mass is 314 g/mol. The molecule has 120 valence electrons. The maximum atomic E-state index is 11.1. The molecule has 2 rings (SSSR count). The Kier molecular flexibility index (Phi) is 4.80. The highest BCUT2D eigenvalue weighted by Crippen LogP contribution is 2.26. The van der Waals surface area contributed by atoms with E-state index in [-0.39, 0.29) is 11.3 Å². The standard InChI is InChI=1S/C16H18N4O3/c1-19(2)13-6-3-11(4-7-13)10-18-14-8-5-12(16(17)21)9-15(14)20(22)23/h3-9,18H,10H2,1-2H3,(H2,17,21). The van der Waals surface area contributed by atoms with Gasteiger partial charge in [-0.1, -0.05) is 12.1 Å². The maximum Gasteiger partial charge on any atom is 0.293 e. The van der Waals surface area contributed by atoms with Gasteiger partial charge in [-0.2, -0.15) is 0 Å². The van der Waals surface area contributed by atoms with Gasteiger partial charge in [0, 0.05) is 38.0 Å². The van der Waals surface area contributed by atoms with E-state index >= 15 is 0 Å². The molecule has 2 aromatic rings. The smallest absolute Gasteiger partial charge is 0.293 e. The first-order chi connectivity index (χ1) is 10.9. The highest BCUT2D eigenvalue weighted by molar-refractivity contribution is 5.94. The van der Waals surface area contributed by atoms with Crippen molar-refractivity contribution in [1.82, 2.24) is 0 Å². The minimum atomic E-state index is -0.695. The van der Waals surface area contributed by atoms with Crippen LogP contribution in [0.3, 0.4) is 0 Å². The highest BCUT2D eigenvalue weighted by Gasteiger charge is 2.16. The number of rotatable bonds is 6. The number of nitrogens with two attached hydrogens (primary N) is 1. The molecular formula is C16H18N4O3. The number of benzene rings is 2. The Balaban J connectivity index is 2.16. The largest absolute Gasteiger partial charge is 0.378 e. The van der Waals surface area contributed by atoms with E-state index in [9.17, 15) is 14.9 Å². The van der Waals surface area contributed by atoms with Gasteiger partial charge in [0.1, 0.15) is 5.69 Å². The number of nitro groups is 1. The fourth-order valence-corrected chi connectivity index (χ4v) is 2.09. The van der Waals surface area contributed by atoms with Gasteiger partial charge in [0.05, 0.1) is 4.92 Å². The Hall–Kier alpha value is -3.09. The Morgan fingerprint density at radius 1 is 1.22 bits per heavy atom. The van der Waals surface area contributed by atoms with Gasteiger partial charge in [0.25, 0.3) is 5.69 Å². The topological polar surface area (TPSA) is 102 Å². The quantitative estimate of drug-likeness (QED) is 0.629. The number of carbonyl (C=O) groups is 1. The maximum absolute atomic E-state index is 11.1. The molecule has 23 heavy (non-hydrogen) atoms. The minimum Gasteiger partial charge on any atom is -0.378 e. The molecule has 0 aromatic heterocycles. The number of nitrogens with one attached hydrogen (secondary N) is 1. The van der Waals surface area contributed by atoms with Crippen LogP contribution in [0, 0.1) is 10.1 Å². The number of amides is 1. The van der Waals surface area contributed by atoms with E-state index in [1.165, 1.54) is 18.2 Å². The fraction of sp³-hybridized carbons (Fsp3) is 0.188. The van der Waals surface area contributed by atoms with Crippen LogP contribution in [0.4, 0.5) is 17.1 Å². The van der Waals surface area contributed by atoms with Crippen molar-refractivity contribution >= 4 is 23.0 Å². The van der Waals surface area contributed by atoms with Crippen molar-refractivity contribution in [2.75, 3.05) is 24.3 Å². The SMILES string of the molecule is CN(C)c1ccc(CNc2ccc(C(N)=O)cc2[N+](=O)[O-])cc1. The average Bonchev–Trinajstić information content (AvgIpc) is 2.52. The van der Waals surface area contributed by atoms with Gasteiger partial charge in [-0.05, 0) is 29.8 Å². The number of hydrogen-bond donors (Lipinski definition) is 2. The van der Waals surface area contributed by atoms with Crippen LogP contribution >= 0.6 is 0 Å². The van der Waals surface area contributed by atoms with E-state index in [1.807, 2.05) is 43.3 Å². The van der Waals surface area contributed by atoms with Crippen molar-refractivity contribution in [3.05, 3.63) is 63.7 Å². The number of carbonyl (C=O) groups excluding carboxylic acids is 1.